The molecule has 1 aliphatic heterocycles. The maximum Gasteiger partial charge on any atom is 0.00354 e. The highest BCUT2D eigenvalue weighted by molar-refractivity contribution is 4.89. The van der Waals surface area contributed by atoms with Crippen LogP contribution in [0.2, 0.25) is 0 Å². The molecule has 1 nitrogen and oxygen atoms in total. The van der Waals surface area contributed by atoms with Crippen molar-refractivity contribution < 1.29 is 0 Å². The van der Waals surface area contributed by atoms with Crippen molar-refractivity contribution in [1.82, 2.24) is 4.90 Å². The Bertz CT molecular complexity index is 145. The second kappa shape index (κ2) is 3.37. The summed E-state index contributed by atoms with van der Waals surface area (Å²) < 4.78 is 0. The van der Waals surface area contributed by atoms with Crippen molar-refractivity contribution in [3.63, 3.8) is 0 Å². The van der Waals surface area contributed by atoms with Gasteiger partial charge in [-0.05, 0) is 38.3 Å². The molecule has 2 aliphatic rings. The number of rotatable bonds is 0. The van der Waals surface area contributed by atoms with Crippen LogP contribution in [0.3, 0.4) is 0 Å². The quantitative estimate of drug-likeness (QED) is 0.536. The molecule has 2 fully saturated rings. The van der Waals surface area contributed by atoms with E-state index in [0.717, 1.165) is 5.41 Å². The second-order valence-electron chi connectivity index (χ2n) is 4.90. The third-order valence-electron chi connectivity index (χ3n) is 3.79. The van der Waals surface area contributed by atoms with Crippen LogP contribution in [0.1, 0.15) is 44.9 Å². The first-order chi connectivity index (χ1) is 5.81. The van der Waals surface area contributed by atoms with Gasteiger partial charge in [-0.3, -0.25) is 0 Å². The van der Waals surface area contributed by atoms with Gasteiger partial charge in [-0.15, -0.1) is 0 Å². The number of hydrogen-bond donors (Lipinski definition) is 0. The van der Waals surface area contributed by atoms with E-state index in [9.17, 15) is 0 Å². The molecule has 0 aromatic heterocycles. The lowest BCUT2D eigenvalue weighted by molar-refractivity contribution is 0.245. The Kier molecular flexibility index (Phi) is 2.40. The van der Waals surface area contributed by atoms with Gasteiger partial charge in [0.05, 0.1) is 0 Å². The lowest BCUT2D eigenvalue weighted by Gasteiger charge is -2.27. The molecule has 1 saturated heterocycles. The SMILES string of the molecule is CN1CCC2(CCCCCC2)C1. The van der Waals surface area contributed by atoms with E-state index in [1.165, 1.54) is 58.0 Å². The first kappa shape index (κ1) is 8.55. The van der Waals surface area contributed by atoms with Gasteiger partial charge in [0.2, 0.25) is 0 Å². The highest BCUT2D eigenvalue weighted by Gasteiger charge is 2.36. The van der Waals surface area contributed by atoms with Crippen LogP contribution in [-0.4, -0.2) is 25.0 Å². The van der Waals surface area contributed by atoms with E-state index in [2.05, 4.69) is 11.9 Å². The Morgan fingerprint density at radius 2 is 1.58 bits per heavy atom. The predicted octanol–water partition coefficient (Wildman–Crippen LogP) is 2.66. The van der Waals surface area contributed by atoms with Crippen molar-refractivity contribution in [3.8, 4) is 0 Å². The lowest BCUT2D eigenvalue weighted by atomic mass is 9.80. The Morgan fingerprint density at radius 1 is 0.917 bits per heavy atom. The van der Waals surface area contributed by atoms with Gasteiger partial charge >= 0.3 is 0 Å². The Morgan fingerprint density at radius 3 is 2.08 bits per heavy atom. The third-order valence-corrected chi connectivity index (χ3v) is 3.79. The van der Waals surface area contributed by atoms with E-state index in [0.29, 0.717) is 0 Å². The van der Waals surface area contributed by atoms with Crippen LogP contribution in [0.25, 0.3) is 0 Å². The van der Waals surface area contributed by atoms with Crippen LogP contribution >= 0.6 is 0 Å². The monoisotopic (exact) mass is 167 g/mol. The first-order valence-electron chi connectivity index (χ1n) is 5.49. The molecule has 1 saturated carbocycles. The van der Waals surface area contributed by atoms with Crippen molar-refractivity contribution >= 4 is 0 Å². The predicted molar refractivity (Wildman–Crippen MR) is 52.2 cm³/mol. The van der Waals surface area contributed by atoms with Crippen molar-refractivity contribution in [3.05, 3.63) is 0 Å². The summed E-state index contributed by atoms with van der Waals surface area (Å²) in [5.74, 6) is 0. The maximum absolute atomic E-state index is 2.52. The molecule has 0 radical (unpaired) electrons. The fourth-order valence-corrected chi connectivity index (χ4v) is 3.05. The van der Waals surface area contributed by atoms with E-state index in [4.69, 9.17) is 0 Å². The van der Waals surface area contributed by atoms with Crippen LogP contribution in [0.5, 0.6) is 0 Å². The fourth-order valence-electron chi connectivity index (χ4n) is 3.05. The molecule has 0 aromatic rings. The normalized spacial score (nSPS) is 30.8. The molecule has 1 heterocycles. The number of likely N-dealkylation sites (tertiary alicyclic amines) is 1. The van der Waals surface area contributed by atoms with Gasteiger partial charge in [0.1, 0.15) is 0 Å². The zero-order valence-electron chi connectivity index (χ0n) is 8.31. The van der Waals surface area contributed by atoms with Crippen LogP contribution < -0.4 is 0 Å². The third kappa shape index (κ3) is 1.66. The molecule has 0 amide bonds. The Hall–Kier alpha value is -0.0400. The highest BCUT2D eigenvalue weighted by atomic mass is 15.1. The van der Waals surface area contributed by atoms with E-state index >= 15 is 0 Å². The molecule has 70 valence electrons. The zero-order valence-corrected chi connectivity index (χ0v) is 8.31. The molecule has 0 unspecified atom stereocenters. The van der Waals surface area contributed by atoms with Crippen LogP contribution in [0.15, 0.2) is 0 Å². The summed E-state index contributed by atoms with van der Waals surface area (Å²) in [7, 11) is 2.28. The molecule has 1 aliphatic carbocycles. The maximum atomic E-state index is 2.52. The molecule has 1 heteroatoms. The van der Waals surface area contributed by atoms with E-state index in [1.807, 2.05) is 0 Å². The molecule has 0 aromatic carbocycles. The number of hydrogen-bond acceptors (Lipinski definition) is 1. The summed E-state index contributed by atoms with van der Waals surface area (Å²) >= 11 is 0. The van der Waals surface area contributed by atoms with E-state index in [1.54, 1.807) is 0 Å². The molecule has 1 spiro atoms. The van der Waals surface area contributed by atoms with Gasteiger partial charge in [-0.25, -0.2) is 0 Å². The van der Waals surface area contributed by atoms with Gasteiger partial charge in [0, 0.05) is 6.54 Å². The number of nitrogens with zero attached hydrogens (tertiary/aromatic N) is 1. The summed E-state index contributed by atoms with van der Waals surface area (Å²) in [4.78, 5) is 2.52. The smallest absolute Gasteiger partial charge is 0.00354 e. The molecule has 0 bridgehead atoms. The molecular formula is C11H21N. The summed E-state index contributed by atoms with van der Waals surface area (Å²) in [5.41, 5.74) is 0.755. The largest absolute Gasteiger partial charge is 0.306 e. The van der Waals surface area contributed by atoms with Gasteiger partial charge in [-0.2, -0.15) is 0 Å². The van der Waals surface area contributed by atoms with Crippen LogP contribution in [0, 0.1) is 5.41 Å². The van der Waals surface area contributed by atoms with Gasteiger partial charge in [0.15, 0.2) is 0 Å². The van der Waals surface area contributed by atoms with E-state index in [-0.39, 0.29) is 0 Å². The molecule has 12 heavy (non-hydrogen) atoms. The highest BCUT2D eigenvalue weighted by Crippen LogP contribution is 2.41. The Balaban J connectivity index is 1.98. The average Bonchev–Trinajstić information content (AvgIpc) is 2.30. The molecule has 0 atom stereocenters. The fraction of sp³-hybridized carbons (Fsp3) is 1.00. The summed E-state index contributed by atoms with van der Waals surface area (Å²) in [5, 5.41) is 0. The minimum atomic E-state index is 0.755. The lowest BCUT2D eigenvalue weighted by Crippen LogP contribution is -2.24. The first-order valence-corrected chi connectivity index (χ1v) is 5.49. The van der Waals surface area contributed by atoms with Crippen LogP contribution in [0.4, 0.5) is 0 Å². The van der Waals surface area contributed by atoms with Gasteiger partial charge in [0.25, 0.3) is 0 Å². The summed E-state index contributed by atoms with van der Waals surface area (Å²) in [6.07, 6.45) is 10.5. The van der Waals surface area contributed by atoms with Gasteiger partial charge in [-0.1, -0.05) is 25.7 Å². The molecule has 2 rings (SSSR count). The minimum Gasteiger partial charge on any atom is -0.306 e. The zero-order chi connectivity index (χ0) is 8.44. The molecule has 0 N–H and O–H groups in total. The van der Waals surface area contributed by atoms with Crippen molar-refractivity contribution in [2.75, 3.05) is 20.1 Å². The van der Waals surface area contributed by atoms with E-state index < -0.39 is 0 Å². The minimum absolute atomic E-state index is 0.755. The van der Waals surface area contributed by atoms with Gasteiger partial charge < -0.3 is 4.90 Å². The van der Waals surface area contributed by atoms with Crippen molar-refractivity contribution in [2.45, 2.75) is 44.9 Å². The average molecular weight is 167 g/mol. The molecular weight excluding hydrogens is 146 g/mol. The second-order valence-corrected chi connectivity index (χ2v) is 4.90. The van der Waals surface area contributed by atoms with Crippen molar-refractivity contribution in [1.29, 1.82) is 0 Å². The summed E-state index contributed by atoms with van der Waals surface area (Å²) in [6, 6.07) is 0. The van der Waals surface area contributed by atoms with Crippen molar-refractivity contribution in [2.24, 2.45) is 5.41 Å². The summed E-state index contributed by atoms with van der Waals surface area (Å²) in [6.45, 7) is 2.73. The topological polar surface area (TPSA) is 3.24 Å². The van der Waals surface area contributed by atoms with Crippen LogP contribution in [-0.2, 0) is 0 Å². The Labute approximate surface area is 76.1 Å². The standard InChI is InChI=1S/C11H21N/c1-12-9-8-11(10-12)6-4-2-3-5-7-11/h2-10H2,1H3.